The second-order valence-electron chi connectivity index (χ2n) is 10.6. The number of aliphatic hydroxyl groups is 1. The van der Waals surface area contributed by atoms with Crippen LogP contribution in [-0.4, -0.2) is 72.9 Å². The Balaban J connectivity index is 1.55. The van der Waals surface area contributed by atoms with Gasteiger partial charge in [-0.3, -0.25) is 0 Å². The fourth-order valence-electron chi connectivity index (χ4n) is 6.46. The number of hydrogen-bond donors (Lipinski definition) is 1. The number of cyclic esters (lactones) is 2. The summed E-state index contributed by atoms with van der Waals surface area (Å²) in [7, 11) is 0. The topological polar surface area (TPSA) is 121 Å². The summed E-state index contributed by atoms with van der Waals surface area (Å²) >= 11 is 0. The standard InChI is InChI=1S/C27H32O9/c1-16-8-9-32-22(29)6-4-5-7-23(30)36-19-12-21-27(15-34-27)25(19,3)26(14-33-24(31)10-16)13-18(28)17(2)11-20(26)35-21/h4-7,10-11,18-21,28H,8-9,12-15H2,1-3H3/b6-4-,7-5-,16-10-/t18-,19?,20?,21+,25?,26?,27+/m0/s1. The summed E-state index contributed by atoms with van der Waals surface area (Å²) in [5, 5.41) is 10.9. The van der Waals surface area contributed by atoms with Crippen molar-refractivity contribution in [1.29, 1.82) is 0 Å². The molecule has 1 N–H and O–H groups in total. The van der Waals surface area contributed by atoms with Crippen LogP contribution >= 0.6 is 0 Å². The lowest BCUT2D eigenvalue weighted by Crippen LogP contribution is -2.68. The number of epoxide rings is 1. The van der Waals surface area contributed by atoms with Gasteiger partial charge in [0.2, 0.25) is 0 Å². The zero-order valence-corrected chi connectivity index (χ0v) is 20.7. The molecule has 0 aromatic carbocycles. The zero-order chi connectivity index (χ0) is 25.7. The van der Waals surface area contributed by atoms with Gasteiger partial charge in [-0.1, -0.05) is 30.7 Å². The number of hydrogen-bond acceptors (Lipinski definition) is 9. The summed E-state index contributed by atoms with van der Waals surface area (Å²) in [4.78, 5) is 37.4. The van der Waals surface area contributed by atoms with Gasteiger partial charge in [-0.15, -0.1) is 0 Å². The Morgan fingerprint density at radius 1 is 0.972 bits per heavy atom. The van der Waals surface area contributed by atoms with Gasteiger partial charge in [0, 0.05) is 36.5 Å². The van der Waals surface area contributed by atoms with E-state index in [1.807, 2.05) is 19.9 Å². The maximum Gasteiger partial charge on any atom is 0.331 e. The first-order valence-corrected chi connectivity index (χ1v) is 12.3. The highest BCUT2D eigenvalue weighted by molar-refractivity contribution is 5.85. The van der Waals surface area contributed by atoms with Crippen molar-refractivity contribution in [3.05, 3.63) is 47.6 Å². The summed E-state index contributed by atoms with van der Waals surface area (Å²) in [6, 6.07) is 0. The Morgan fingerprint density at radius 3 is 2.42 bits per heavy atom. The molecule has 1 saturated carbocycles. The molecule has 2 spiro atoms. The van der Waals surface area contributed by atoms with Gasteiger partial charge in [0.25, 0.3) is 0 Å². The molecular formula is C27H32O9. The first kappa shape index (κ1) is 24.9. The van der Waals surface area contributed by atoms with Gasteiger partial charge in [0.05, 0.1) is 36.9 Å². The molecule has 9 nitrogen and oxygen atoms in total. The zero-order valence-electron chi connectivity index (χ0n) is 20.7. The second-order valence-corrected chi connectivity index (χ2v) is 10.6. The quantitative estimate of drug-likeness (QED) is 0.231. The lowest BCUT2D eigenvalue weighted by molar-refractivity contribution is -0.238. The maximum atomic E-state index is 12.8. The van der Waals surface area contributed by atoms with Crippen molar-refractivity contribution in [2.75, 3.05) is 19.8 Å². The third-order valence-electron chi connectivity index (χ3n) is 8.73. The third-order valence-corrected chi connectivity index (χ3v) is 8.73. The molecule has 3 heterocycles. The minimum atomic E-state index is -0.887. The average Bonchev–Trinajstić information content (AvgIpc) is 3.59. The first-order valence-electron chi connectivity index (χ1n) is 12.3. The number of esters is 3. The van der Waals surface area contributed by atoms with E-state index in [-0.39, 0.29) is 25.7 Å². The van der Waals surface area contributed by atoms with Crippen molar-refractivity contribution in [3.63, 3.8) is 0 Å². The smallest absolute Gasteiger partial charge is 0.331 e. The van der Waals surface area contributed by atoms with E-state index in [1.165, 1.54) is 30.4 Å². The second kappa shape index (κ2) is 8.97. The van der Waals surface area contributed by atoms with E-state index >= 15 is 0 Å². The molecule has 0 radical (unpaired) electrons. The predicted octanol–water partition coefficient (Wildman–Crippen LogP) is 2.09. The van der Waals surface area contributed by atoms with Crippen LogP contribution in [0.15, 0.2) is 47.6 Å². The fourth-order valence-corrected chi connectivity index (χ4v) is 6.46. The van der Waals surface area contributed by atoms with E-state index in [2.05, 4.69) is 0 Å². The summed E-state index contributed by atoms with van der Waals surface area (Å²) < 4.78 is 29.5. The number of rotatable bonds is 0. The van der Waals surface area contributed by atoms with Crippen LogP contribution in [0.25, 0.3) is 0 Å². The third kappa shape index (κ3) is 3.84. The monoisotopic (exact) mass is 500 g/mol. The van der Waals surface area contributed by atoms with Crippen molar-refractivity contribution in [3.8, 4) is 0 Å². The van der Waals surface area contributed by atoms with Gasteiger partial charge in [0.15, 0.2) is 0 Å². The van der Waals surface area contributed by atoms with E-state index in [1.54, 1.807) is 6.92 Å². The highest BCUT2D eigenvalue weighted by Crippen LogP contribution is 2.72. The molecule has 7 atom stereocenters. The normalized spacial score (nSPS) is 46.1. The molecule has 36 heavy (non-hydrogen) atoms. The van der Waals surface area contributed by atoms with Crippen LogP contribution in [0.1, 0.15) is 40.0 Å². The summed E-state index contributed by atoms with van der Waals surface area (Å²) in [6.45, 7) is 6.10. The maximum absolute atomic E-state index is 12.8. The predicted molar refractivity (Wildman–Crippen MR) is 125 cm³/mol. The van der Waals surface area contributed by atoms with E-state index in [9.17, 15) is 19.5 Å². The van der Waals surface area contributed by atoms with Gasteiger partial charge in [-0.05, 0) is 25.8 Å². The van der Waals surface area contributed by atoms with Gasteiger partial charge in [-0.2, -0.15) is 0 Å². The van der Waals surface area contributed by atoms with Crippen molar-refractivity contribution < 1.29 is 43.2 Å². The van der Waals surface area contributed by atoms with Gasteiger partial charge in [-0.25, -0.2) is 14.4 Å². The van der Waals surface area contributed by atoms with Crippen LogP contribution in [0.5, 0.6) is 0 Å². The van der Waals surface area contributed by atoms with Crippen molar-refractivity contribution in [2.24, 2.45) is 10.8 Å². The number of ether oxygens (including phenoxy) is 5. The highest BCUT2D eigenvalue weighted by Gasteiger charge is 2.83. The highest BCUT2D eigenvalue weighted by atomic mass is 16.6. The van der Waals surface area contributed by atoms with Crippen molar-refractivity contribution in [1.82, 2.24) is 0 Å². The average molecular weight is 501 g/mol. The molecule has 194 valence electrons. The number of allylic oxidation sites excluding steroid dienone is 2. The first-order chi connectivity index (χ1) is 17.1. The molecular weight excluding hydrogens is 468 g/mol. The van der Waals surface area contributed by atoms with Gasteiger partial charge < -0.3 is 28.8 Å². The van der Waals surface area contributed by atoms with E-state index in [4.69, 9.17) is 23.7 Å². The lowest BCUT2D eigenvalue weighted by Gasteiger charge is -2.58. The number of carbonyl (C=O) groups is 3. The summed E-state index contributed by atoms with van der Waals surface area (Å²) in [5.74, 6) is -1.67. The Bertz CT molecular complexity index is 1080. The molecule has 3 fully saturated rings. The Morgan fingerprint density at radius 2 is 1.69 bits per heavy atom. The molecule has 0 aromatic heterocycles. The van der Waals surface area contributed by atoms with Crippen LogP contribution in [0, 0.1) is 10.8 Å². The van der Waals surface area contributed by atoms with Crippen molar-refractivity contribution >= 4 is 17.9 Å². The molecule has 2 saturated heterocycles. The fraction of sp³-hybridized carbons (Fsp3) is 0.593. The molecule has 2 bridgehead atoms. The lowest BCUT2D eigenvalue weighted by atomic mass is 9.51. The van der Waals surface area contributed by atoms with Crippen LogP contribution in [0.4, 0.5) is 0 Å². The van der Waals surface area contributed by atoms with Gasteiger partial charge >= 0.3 is 17.9 Å². The van der Waals surface area contributed by atoms with E-state index in [0.29, 0.717) is 25.0 Å². The Kier molecular flexibility index (Phi) is 6.21. The van der Waals surface area contributed by atoms with Crippen molar-refractivity contribution in [2.45, 2.75) is 70.1 Å². The number of aliphatic hydroxyl groups excluding tert-OH is 1. The molecule has 0 aromatic rings. The molecule has 9 heteroatoms. The summed E-state index contributed by atoms with van der Waals surface area (Å²) in [6.07, 6.45) is 7.53. The molecule has 5 rings (SSSR count). The Hall–Kier alpha value is -2.75. The number of carbonyl (C=O) groups excluding carboxylic acids is 3. The van der Waals surface area contributed by atoms with Crippen LogP contribution in [0.3, 0.4) is 0 Å². The minimum absolute atomic E-state index is 0.0446. The van der Waals surface area contributed by atoms with Crippen LogP contribution in [0.2, 0.25) is 0 Å². The SMILES string of the molecule is CC1=CC2O[C@@H]3CC4OC(=O)/C=C\C=C/C(=O)OCC/C(C)=C\C(=O)OCC2(C[C@@H]1O)C4(C)[C@@]31CO1. The van der Waals surface area contributed by atoms with Crippen LogP contribution < -0.4 is 0 Å². The van der Waals surface area contributed by atoms with E-state index < -0.39 is 52.7 Å². The Labute approximate surface area is 209 Å². The molecule has 0 amide bonds. The molecule has 4 unspecified atom stereocenters. The van der Waals surface area contributed by atoms with E-state index in [0.717, 1.165) is 5.57 Å². The molecule has 5 aliphatic rings. The molecule has 3 aliphatic heterocycles. The summed E-state index contributed by atoms with van der Waals surface area (Å²) in [5.41, 5.74) is -0.880. The largest absolute Gasteiger partial charge is 0.462 e. The molecule has 2 aliphatic carbocycles. The minimum Gasteiger partial charge on any atom is -0.462 e. The van der Waals surface area contributed by atoms with Crippen LogP contribution in [-0.2, 0) is 38.1 Å². The van der Waals surface area contributed by atoms with Gasteiger partial charge in [0.1, 0.15) is 18.3 Å².